The van der Waals surface area contributed by atoms with E-state index in [1.54, 1.807) is 10.6 Å². The highest BCUT2D eigenvalue weighted by Gasteiger charge is 2.13. The highest BCUT2D eigenvalue weighted by atomic mass is 16.7. The Labute approximate surface area is 72.6 Å². The normalized spacial score (nSPS) is 14.3. The minimum atomic E-state index is -1.83. The second-order valence-electron chi connectivity index (χ2n) is 1.86. The predicted molar refractivity (Wildman–Crippen MR) is 38.5 cm³/mol. The van der Waals surface area contributed by atoms with E-state index in [1.807, 2.05) is 0 Å². The van der Waals surface area contributed by atoms with Gasteiger partial charge in [0.2, 0.25) is 12.8 Å². The first-order valence-corrected chi connectivity index (χ1v) is 3.05. The second-order valence-corrected chi connectivity index (χ2v) is 1.86. The Morgan fingerprint density at radius 1 is 1.08 bits per heavy atom. The van der Waals surface area contributed by atoms with Gasteiger partial charge in [0.15, 0.2) is 0 Å². The summed E-state index contributed by atoms with van der Waals surface area (Å²) >= 11 is 0. The van der Waals surface area contributed by atoms with Crippen molar-refractivity contribution in [3.63, 3.8) is 0 Å². The average Bonchev–Trinajstić information content (AvgIpc) is 1.80. The Balaban J connectivity index is 3.70. The molecule has 0 aliphatic rings. The van der Waals surface area contributed by atoms with E-state index in [1.165, 1.54) is 0 Å². The number of hydrogen-bond donors (Lipinski definition) is 6. The first-order chi connectivity index (χ1) is 5.91. The molecule has 0 aromatic rings. The van der Waals surface area contributed by atoms with E-state index in [9.17, 15) is 9.59 Å². The van der Waals surface area contributed by atoms with Crippen molar-refractivity contribution in [2.45, 2.75) is 12.8 Å². The Morgan fingerprint density at radius 3 is 1.62 bits per heavy atom. The van der Waals surface area contributed by atoms with Crippen LogP contribution in [0.5, 0.6) is 0 Å². The molecule has 0 aliphatic carbocycles. The van der Waals surface area contributed by atoms with E-state index in [-0.39, 0.29) is 0 Å². The molecule has 4 amide bonds. The monoisotopic (exact) mass is 194 g/mol. The number of amides is 4. The third-order valence-electron chi connectivity index (χ3n) is 0.789. The lowest BCUT2D eigenvalue weighted by Crippen LogP contribution is -2.47. The summed E-state index contributed by atoms with van der Waals surface area (Å²) in [6, 6.07) is -2.11. The molecule has 0 aliphatic heterocycles. The summed E-state index contributed by atoms with van der Waals surface area (Å²) in [5.74, 6) is 0. The number of carbonyl (C=O) groups is 2. The van der Waals surface area contributed by atoms with Gasteiger partial charge in [0, 0.05) is 0 Å². The van der Waals surface area contributed by atoms with E-state index < -0.39 is 24.9 Å². The van der Waals surface area contributed by atoms with E-state index in [4.69, 9.17) is 10.2 Å². The first kappa shape index (κ1) is 11.4. The van der Waals surface area contributed by atoms with Gasteiger partial charge in [-0.05, 0) is 0 Å². The summed E-state index contributed by atoms with van der Waals surface area (Å²) in [6.07, 6.45) is -3.67. The second kappa shape index (κ2) is 5.13. The van der Waals surface area contributed by atoms with Gasteiger partial charge in [-0.1, -0.05) is 0 Å². The van der Waals surface area contributed by atoms with Crippen molar-refractivity contribution in [2.75, 3.05) is 0 Å². The van der Waals surface area contributed by atoms with Crippen LogP contribution in [0.15, 0.2) is 0 Å². The summed E-state index contributed by atoms with van der Waals surface area (Å²) in [4.78, 5) is 20.2. The highest BCUT2D eigenvalue weighted by molar-refractivity contribution is 5.72. The molecular weight excluding hydrogens is 184 g/mol. The molecule has 9 nitrogen and oxygen atoms in total. The molecule has 0 spiro atoms. The van der Waals surface area contributed by atoms with Crippen molar-refractivity contribution in [2.24, 2.45) is 11.5 Å². The van der Waals surface area contributed by atoms with Crippen molar-refractivity contribution in [3.05, 3.63) is 0 Å². The topological polar surface area (TPSA) is 160 Å². The van der Waals surface area contributed by atoms with E-state index >= 15 is 0 Å². The van der Waals surface area contributed by atoms with Gasteiger partial charge in [0.25, 0.3) is 0 Å². The molecule has 0 fully saturated rings. The van der Waals surface area contributed by atoms with Crippen molar-refractivity contribution in [1.82, 2.24) is 10.6 Å². The van der Waals surface area contributed by atoms with Crippen LogP contribution in [-0.2, 0) is 4.74 Å². The van der Waals surface area contributed by atoms with Crippen LogP contribution in [-0.4, -0.2) is 35.1 Å². The molecule has 8 N–H and O–H groups in total. The third-order valence-corrected chi connectivity index (χ3v) is 0.789. The first-order valence-electron chi connectivity index (χ1n) is 3.05. The molecule has 0 bridgehead atoms. The molecule has 2 unspecified atom stereocenters. The molecule has 9 heteroatoms. The lowest BCUT2D eigenvalue weighted by molar-refractivity contribution is -0.220. The number of primary amides is 2. The molecular formula is C4H10N4O5. The van der Waals surface area contributed by atoms with Gasteiger partial charge < -0.3 is 21.7 Å². The Morgan fingerprint density at radius 2 is 1.38 bits per heavy atom. The predicted octanol–water partition coefficient (Wildman–Crippen LogP) is -3.11. The number of ether oxygens (including phenoxy) is 1. The van der Waals surface area contributed by atoms with Crippen LogP contribution in [0.2, 0.25) is 0 Å². The van der Waals surface area contributed by atoms with Crippen LogP contribution in [0.1, 0.15) is 0 Å². The van der Waals surface area contributed by atoms with Gasteiger partial charge in [-0.25, -0.2) is 9.59 Å². The minimum Gasteiger partial charge on any atom is -0.352 e. The number of urea groups is 2. The molecule has 13 heavy (non-hydrogen) atoms. The lowest BCUT2D eigenvalue weighted by Gasteiger charge is -2.16. The molecule has 0 aromatic carbocycles. The molecule has 2 atom stereocenters. The molecule has 0 rings (SSSR count). The number of hydrogen-bond acceptors (Lipinski definition) is 5. The SMILES string of the molecule is NC(=O)NC(O)OC(O)NC(N)=O. The molecule has 0 heterocycles. The average molecular weight is 194 g/mol. The molecule has 76 valence electrons. The summed E-state index contributed by atoms with van der Waals surface area (Å²) < 4.78 is 4.16. The van der Waals surface area contributed by atoms with Gasteiger partial charge >= 0.3 is 12.1 Å². The third kappa shape index (κ3) is 6.80. The van der Waals surface area contributed by atoms with Crippen molar-refractivity contribution in [1.29, 1.82) is 0 Å². The minimum absolute atomic E-state index is 1.06. The molecule has 0 saturated carbocycles. The van der Waals surface area contributed by atoms with Gasteiger partial charge in [0.05, 0.1) is 0 Å². The molecule has 0 saturated heterocycles. The molecule has 0 aromatic heterocycles. The van der Waals surface area contributed by atoms with E-state index in [0.29, 0.717) is 0 Å². The lowest BCUT2D eigenvalue weighted by atomic mass is 10.9. The number of rotatable bonds is 4. The maximum atomic E-state index is 10.1. The zero-order valence-electron chi connectivity index (χ0n) is 6.43. The number of nitrogens with one attached hydrogen (secondary N) is 2. The van der Waals surface area contributed by atoms with Crippen LogP contribution >= 0.6 is 0 Å². The van der Waals surface area contributed by atoms with Crippen LogP contribution in [0.25, 0.3) is 0 Å². The Bertz CT molecular complexity index is 177. The Hall–Kier alpha value is -1.58. The van der Waals surface area contributed by atoms with Crippen molar-refractivity contribution < 1.29 is 24.5 Å². The summed E-state index contributed by atoms with van der Waals surface area (Å²) in [6.45, 7) is 0. The fourth-order valence-corrected chi connectivity index (χ4v) is 0.434. The standard InChI is InChI=1S/C4H10N4O5/c5-1(9)7-3(11)13-4(12)8-2(6)10/h3-4,11-12H,(H3,5,7,9)(H3,6,8,10). The fourth-order valence-electron chi connectivity index (χ4n) is 0.434. The van der Waals surface area contributed by atoms with Gasteiger partial charge in [-0.15, -0.1) is 0 Å². The fraction of sp³-hybridized carbons (Fsp3) is 0.500. The quantitative estimate of drug-likeness (QED) is 0.261. The highest BCUT2D eigenvalue weighted by Crippen LogP contribution is 1.85. The van der Waals surface area contributed by atoms with Crippen molar-refractivity contribution >= 4 is 12.1 Å². The van der Waals surface area contributed by atoms with E-state index in [0.717, 1.165) is 0 Å². The maximum Gasteiger partial charge on any atom is 0.316 e. The van der Waals surface area contributed by atoms with Gasteiger partial charge in [0.1, 0.15) is 0 Å². The van der Waals surface area contributed by atoms with E-state index in [2.05, 4.69) is 16.2 Å². The van der Waals surface area contributed by atoms with Crippen LogP contribution in [0.4, 0.5) is 9.59 Å². The summed E-state index contributed by atoms with van der Waals surface area (Å²) in [5, 5.41) is 20.8. The van der Waals surface area contributed by atoms with Crippen LogP contribution in [0, 0.1) is 0 Å². The van der Waals surface area contributed by atoms with Gasteiger partial charge in [-0.2, -0.15) is 0 Å². The largest absolute Gasteiger partial charge is 0.352 e. The number of nitrogens with two attached hydrogens (primary N) is 2. The molecule has 0 radical (unpaired) electrons. The maximum absolute atomic E-state index is 10.1. The summed E-state index contributed by atoms with van der Waals surface area (Å²) in [7, 11) is 0. The van der Waals surface area contributed by atoms with Crippen LogP contribution in [0.3, 0.4) is 0 Å². The number of aliphatic hydroxyl groups excluding tert-OH is 2. The zero-order valence-corrected chi connectivity index (χ0v) is 6.43. The summed E-state index contributed by atoms with van der Waals surface area (Å²) in [5.41, 5.74) is 9.17. The number of aliphatic hydroxyl groups is 2. The van der Waals surface area contributed by atoms with Crippen molar-refractivity contribution in [3.8, 4) is 0 Å². The van der Waals surface area contributed by atoms with Crippen LogP contribution < -0.4 is 22.1 Å². The zero-order chi connectivity index (χ0) is 10.4. The smallest absolute Gasteiger partial charge is 0.316 e. The number of carbonyl (C=O) groups excluding carboxylic acids is 2. The van der Waals surface area contributed by atoms with Gasteiger partial charge in [-0.3, -0.25) is 15.4 Å². The Kier molecular flexibility index (Phi) is 4.51.